The maximum absolute atomic E-state index is 13.7. The van der Waals surface area contributed by atoms with E-state index in [1.165, 1.54) is 15.6 Å². The van der Waals surface area contributed by atoms with Gasteiger partial charge >= 0.3 is 5.97 Å². The van der Waals surface area contributed by atoms with Crippen LogP contribution < -0.4 is 10.1 Å². The van der Waals surface area contributed by atoms with Gasteiger partial charge < -0.3 is 15.2 Å². The van der Waals surface area contributed by atoms with Crippen LogP contribution in [0.25, 0.3) is 10.3 Å². The van der Waals surface area contributed by atoms with E-state index in [1.54, 1.807) is 43.5 Å². The summed E-state index contributed by atoms with van der Waals surface area (Å²) in [7, 11) is -2.36. The van der Waals surface area contributed by atoms with Crippen molar-refractivity contribution < 1.29 is 27.9 Å². The molecule has 0 radical (unpaired) electrons. The van der Waals surface area contributed by atoms with E-state index in [4.69, 9.17) is 4.74 Å². The lowest BCUT2D eigenvalue weighted by Crippen LogP contribution is -2.42. The molecule has 5 rings (SSSR count). The monoisotopic (exact) mass is 614 g/mol. The molecule has 10 nitrogen and oxygen atoms in total. The number of carboxylic acid groups (broad SMARTS) is 1. The molecule has 1 atom stereocenters. The summed E-state index contributed by atoms with van der Waals surface area (Å²) in [5, 5.41) is 12.7. The number of anilines is 1. The largest absolute Gasteiger partial charge is 0.481 e. The molecule has 226 valence electrons. The van der Waals surface area contributed by atoms with E-state index in [-0.39, 0.29) is 29.8 Å². The zero-order valence-corrected chi connectivity index (χ0v) is 25.5. The van der Waals surface area contributed by atoms with Crippen molar-refractivity contribution in [1.29, 1.82) is 0 Å². The highest BCUT2D eigenvalue weighted by Gasteiger charge is 2.33. The van der Waals surface area contributed by atoms with E-state index in [1.807, 2.05) is 0 Å². The Morgan fingerprint density at radius 3 is 2.38 bits per heavy atom. The molecular weight excluding hydrogens is 576 g/mol. The molecule has 0 spiro atoms. The third-order valence-electron chi connectivity index (χ3n) is 8.45. The molecule has 2 N–H and O–H groups in total. The fraction of sp³-hybridized carbons (Fsp3) is 0.533. The normalized spacial score (nSPS) is 17.5. The van der Waals surface area contributed by atoms with Crippen molar-refractivity contribution in [3.63, 3.8) is 0 Å². The van der Waals surface area contributed by atoms with Crippen LogP contribution in [0.15, 0.2) is 41.3 Å². The molecule has 2 heterocycles. The first-order chi connectivity index (χ1) is 20.2. The van der Waals surface area contributed by atoms with Crippen LogP contribution in [0.3, 0.4) is 0 Å². The average molecular weight is 615 g/mol. The van der Waals surface area contributed by atoms with Crippen LogP contribution in [-0.4, -0.2) is 59.4 Å². The second-order valence-corrected chi connectivity index (χ2v) is 14.1. The van der Waals surface area contributed by atoms with E-state index >= 15 is 0 Å². The van der Waals surface area contributed by atoms with Crippen molar-refractivity contribution in [1.82, 2.24) is 14.3 Å². The molecule has 2 aliphatic rings. The summed E-state index contributed by atoms with van der Waals surface area (Å²) in [6, 6.07) is 9.90. The number of hydrogen-bond acceptors (Lipinski definition) is 8. The summed E-state index contributed by atoms with van der Waals surface area (Å²) in [6.45, 7) is -0.0559. The Morgan fingerprint density at radius 1 is 1.02 bits per heavy atom. The number of aromatic nitrogens is 2. The average Bonchev–Trinajstić information content (AvgIpc) is 3.65. The van der Waals surface area contributed by atoms with Gasteiger partial charge in [-0.15, -0.1) is 0 Å². The Balaban J connectivity index is 1.38. The number of pyridine rings is 1. The summed E-state index contributed by atoms with van der Waals surface area (Å²) in [4.78, 5) is 34.7. The molecule has 2 fully saturated rings. The van der Waals surface area contributed by atoms with Crippen molar-refractivity contribution in [2.75, 3.05) is 19.0 Å². The van der Waals surface area contributed by atoms with Crippen molar-refractivity contribution in [3.05, 3.63) is 42.0 Å². The number of fused-ring (bicyclic) bond motifs is 1. The summed E-state index contributed by atoms with van der Waals surface area (Å²) in [5.74, 6) is -0.786. The van der Waals surface area contributed by atoms with Crippen molar-refractivity contribution >= 4 is 48.7 Å². The molecule has 2 aromatic heterocycles. The second-order valence-electron chi connectivity index (χ2n) is 11.2. The van der Waals surface area contributed by atoms with Gasteiger partial charge in [-0.3, -0.25) is 9.59 Å². The number of carboxylic acids is 1. The van der Waals surface area contributed by atoms with E-state index in [9.17, 15) is 23.1 Å². The molecule has 0 saturated heterocycles. The highest BCUT2D eigenvalue weighted by atomic mass is 32.2. The number of nitrogens with zero attached hydrogens (tertiary/aromatic N) is 3. The minimum Gasteiger partial charge on any atom is -0.481 e. The Kier molecular flexibility index (Phi) is 9.74. The quantitative estimate of drug-likeness (QED) is 0.261. The Hall–Kier alpha value is -3.09. The maximum Gasteiger partial charge on any atom is 0.304 e. The van der Waals surface area contributed by atoms with E-state index in [2.05, 4.69) is 15.3 Å². The summed E-state index contributed by atoms with van der Waals surface area (Å²) < 4.78 is 34.1. The van der Waals surface area contributed by atoms with Gasteiger partial charge in [-0.1, -0.05) is 68.4 Å². The Labute approximate surface area is 250 Å². The van der Waals surface area contributed by atoms with Crippen molar-refractivity contribution in [3.8, 4) is 5.88 Å². The number of nitrogens with one attached hydrogen (secondary N) is 1. The number of rotatable bonds is 12. The number of carbonyl (C=O) groups excluding carboxylic acids is 1. The second kappa shape index (κ2) is 13.5. The predicted molar refractivity (Wildman–Crippen MR) is 161 cm³/mol. The first-order valence-electron chi connectivity index (χ1n) is 14.7. The lowest BCUT2D eigenvalue weighted by atomic mass is 9.87. The lowest BCUT2D eigenvalue weighted by molar-refractivity contribution is -0.137. The smallest absolute Gasteiger partial charge is 0.304 e. The predicted octanol–water partition coefficient (Wildman–Crippen LogP) is 5.80. The van der Waals surface area contributed by atoms with Gasteiger partial charge in [0.15, 0.2) is 5.13 Å². The van der Waals surface area contributed by atoms with Crippen LogP contribution in [-0.2, 0) is 19.6 Å². The molecule has 0 bridgehead atoms. The Morgan fingerprint density at radius 2 is 1.71 bits per heavy atom. The topological polar surface area (TPSA) is 139 Å². The number of ether oxygens (including phenoxy) is 1. The van der Waals surface area contributed by atoms with Gasteiger partial charge in [0.2, 0.25) is 21.8 Å². The van der Waals surface area contributed by atoms with E-state index < -0.39 is 21.9 Å². The number of carbonyl (C=O) groups is 2. The van der Waals surface area contributed by atoms with Gasteiger partial charge in [0, 0.05) is 18.7 Å². The first kappa shape index (κ1) is 30.4. The molecule has 2 saturated carbocycles. The number of amides is 1. The minimum atomic E-state index is -3.91. The number of methoxy groups -OCH3 is 1. The van der Waals surface area contributed by atoms with Crippen molar-refractivity contribution in [2.45, 2.75) is 87.5 Å². The Bertz CT molecular complexity index is 1500. The number of thiazole rings is 1. The van der Waals surface area contributed by atoms with Crippen LogP contribution in [0.4, 0.5) is 5.13 Å². The summed E-state index contributed by atoms with van der Waals surface area (Å²) in [6.07, 6.45) is 9.24. The van der Waals surface area contributed by atoms with Crippen LogP contribution in [0, 0.1) is 5.92 Å². The zero-order chi connectivity index (χ0) is 29.7. The summed E-state index contributed by atoms with van der Waals surface area (Å²) in [5.41, 5.74) is 1.41. The molecule has 1 aromatic carbocycles. The van der Waals surface area contributed by atoms with Crippen LogP contribution in [0.5, 0.6) is 5.88 Å². The first-order valence-corrected chi connectivity index (χ1v) is 17.0. The van der Waals surface area contributed by atoms with Gasteiger partial charge in [-0.05, 0) is 48.9 Å². The highest BCUT2D eigenvalue weighted by Crippen LogP contribution is 2.36. The fourth-order valence-corrected chi connectivity index (χ4v) is 8.73. The number of aliphatic carboxylic acids is 1. The van der Waals surface area contributed by atoms with Gasteiger partial charge in [-0.2, -0.15) is 4.31 Å². The standard InChI is InChI=1S/C30H38N4O6S2/c1-40-26-16-15-25-29(32-26)41-30(31-25)33-28(37)24(19-20-7-5-6-8-20)21-11-13-23(14-12-21)42(38,39)34(18-17-27(35)36)22-9-3-2-4-10-22/h11-16,20,22,24H,2-10,17-19H2,1H3,(H,35,36)(H,31,33,37)/t24-/m0/s1. The zero-order valence-electron chi connectivity index (χ0n) is 23.8. The maximum atomic E-state index is 13.7. The molecule has 3 aromatic rings. The molecule has 12 heteroatoms. The molecule has 0 unspecified atom stereocenters. The van der Waals surface area contributed by atoms with Gasteiger partial charge in [0.25, 0.3) is 0 Å². The minimum absolute atomic E-state index is 0.0559. The highest BCUT2D eigenvalue weighted by molar-refractivity contribution is 7.89. The molecule has 1 amide bonds. The van der Waals surface area contributed by atoms with Gasteiger partial charge in [-0.25, -0.2) is 18.4 Å². The molecular formula is C30H38N4O6S2. The number of sulfonamides is 1. The van der Waals surface area contributed by atoms with Crippen LogP contribution >= 0.6 is 11.3 Å². The summed E-state index contributed by atoms with van der Waals surface area (Å²) >= 11 is 1.28. The molecule has 2 aliphatic carbocycles. The van der Waals surface area contributed by atoms with E-state index in [0.29, 0.717) is 33.7 Å². The number of benzene rings is 1. The fourth-order valence-electron chi connectivity index (χ4n) is 6.22. The van der Waals surface area contributed by atoms with Crippen molar-refractivity contribution in [2.24, 2.45) is 5.92 Å². The van der Waals surface area contributed by atoms with Crippen LogP contribution in [0.1, 0.15) is 82.1 Å². The third kappa shape index (κ3) is 7.09. The van der Waals surface area contributed by atoms with E-state index in [0.717, 1.165) is 63.4 Å². The third-order valence-corrected chi connectivity index (χ3v) is 11.3. The molecule has 42 heavy (non-hydrogen) atoms. The SMILES string of the molecule is COc1ccc2nc(NC(=O)[C@@H](CC3CCCC3)c3ccc(S(=O)(=O)N(CCC(=O)O)C4CCCCC4)cc3)sc2n1. The van der Waals surface area contributed by atoms with Crippen LogP contribution in [0.2, 0.25) is 0 Å². The molecule has 0 aliphatic heterocycles. The van der Waals surface area contributed by atoms with Gasteiger partial charge in [0.1, 0.15) is 10.3 Å². The van der Waals surface area contributed by atoms with Gasteiger partial charge in [0.05, 0.1) is 24.3 Å². The number of hydrogen-bond donors (Lipinski definition) is 2. The lowest BCUT2D eigenvalue weighted by Gasteiger charge is -2.33.